The molecule has 0 aromatic carbocycles. The molecule has 8 heavy (non-hydrogen) atoms. The van der Waals surface area contributed by atoms with Crippen LogP contribution in [0.3, 0.4) is 0 Å². The second-order valence-electron chi connectivity index (χ2n) is 0.448. The van der Waals surface area contributed by atoms with E-state index < -0.39 is 10.4 Å². The normalized spacial score (nSPS) is 7.25. The largest absolute Gasteiger partial charge is 0.412 e. The molecule has 0 bridgehead atoms. The van der Waals surface area contributed by atoms with E-state index in [1.54, 1.807) is 0 Å². The van der Waals surface area contributed by atoms with Crippen molar-refractivity contribution in [1.82, 2.24) is 0 Å². The zero-order chi connectivity index (χ0) is 4.50. The van der Waals surface area contributed by atoms with Crippen molar-refractivity contribution >= 4 is 27.8 Å². The first-order valence-electron chi connectivity index (χ1n) is 0.698. The molecule has 0 rings (SSSR count). The van der Waals surface area contributed by atoms with Crippen molar-refractivity contribution in [1.29, 1.82) is 0 Å². The van der Waals surface area contributed by atoms with E-state index >= 15 is 0 Å². The Bertz CT molecular complexity index is 95.6. The molecule has 1 radical (unpaired) electrons. The molecule has 0 saturated heterocycles. The van der Waals surface area contributed by atoms with Gasteiger partial charge in [-0.25, -0.2) is 0 Å². The predicted octanol–water partition coefficient (Wildman–Crippen LogP) is -2.66. The average molecular weight is 254 g/mol. The Morgan fingerprint density at radius 3 is 1.12 bits per heavy atom. The minimum Gasteiger partial charge on any atom is -0.412 e. The van der Waals surface area contributed by atoms with Crippen molar-refractivity contribution in [3.63, 3.8) is 0 Å². The van der Waals surface area contributed by atoms with Crippen LogP contribution < -0.4 is 0 Å². The number of rotatable bonds is 0. The maximum atomic E-state index is 8.74. The Morgan fingerprint density at radius 1 is 1.12 bits per heavy atom. The molecular weight excluding hydrogens is 247 g/mol. The minimum atomic E-state index is -4.67. The molecular formula is H7AgAlO5S. The molecule has 0 aliphatic rings. The quantitative estimate of drug-likeness (QED) is 0.363. The van der Waals surface area contributed by atoms with Gasteiger partial charge in [0.05, 0.1) is 0 Å². The van der Waals surface area contributed by atoms with E-state index in [9.17, 15) is 0 Å². The smallest absolute Gasteiger partial charge is 0.394 e. The van der Waals surface area contributed by atoms with Gasteiger partial charge in [-0.3, -0.25) is 9.11 Å². The Hall–Kier alpha value is 1.10. The van der Waals surface area contributed by atoms with Crippen LogP contribution in [0.5, 0.6) is 0 Å². The molecule has 0 unspecified atom stereocenters. The maximum absolute atomic E-state index is 8.74. The molecule has 0 spiro atoms. The Balaban J connectivity index is -0.0000000267. The van der Waals surface area contributed by atoms with Gasteiger partial charge in [-0.15, -0.1) is 0 Å². The van der Waals surface area contributed by atoms with Crippen molar-refractivity contribution in [2.24, 2.45) is 0 Å². The molecule has 0 atom stereocenters. The van der Waals surface area contributed by atoms with Crippen LogP contribution in [0.15, 0.2) is 0 Å². The molecule has 0 fully saturated rings. The van der Waals surface area contributed by atoms with Crippen molar-refractivity contribution in [2.45, 2.75) is 0 Å². The minimum absolute atomic E-state index is 0. The van der Waals surface area contributed by atoms with Crippen LogP contribution in [0.2, 0.25) is 0 Å². The molecule has 0 aromatic heterocycles. The zero-order valence-corrected chi connectivity index (χ0v) is 5.22. The van der Waals surface area contributed by atoms with Crippen LogP contribution in [-0.4, -0.2) is 40.4 Å². The van der Waals surface area contributed by atoms with E-state index in [-0.39, 0.29) is 45.2 Å². The van der Waals surface area contributed by atoms with Gasteiger partial charge in [0.25, 0.3) is 0 Å². The summed E-state index contributed by atoms with van der Waals surface area (Å²) in [4.78, 5) is 0. The van der Waals surface area contributed by atoms with Gasteiger partial charge in [0.1, 0.15) is 0 Å². The topological polar surface area (TPSA) is 106 Å². The van der Waals surface area contributed by atoms with Gasteiger partial charge in [0.2, 0.25) is 0 Å². The van der Waals surface area contributed by atoms with Crippen LogP contribution in [0.25, 0.3) is 0 Å². The number of hydrogen-bond acceptors (Lipinski definition) is 2. The molecule has 57 valence electrons. The third-order valence-electron chi connectivity index (χ3n) is 0. The van der Waals surface area contributed by atoms with Crippen molar-refractivity contribution in [3.05, 3.63) is 0 Å². The molecule has 0 aliphatic heterocycles. The summed E-state index contributed by atoms with van der Waals surface area (Å²) < 4.78 is 31.6. The van der Waals surface area contributed by atoms with Gasteiger partial charge in [-0.05, 0) is 0 Å². The summed E-state index contributed by atoms with van der Waals surface area (Å²) in [6, 6.07) is 0. The van der Waals surface area contributed by atoms with Crippen LogP contribution in [0, 0.1) is 0 Å². The zero-order valence-electron chi connectivity index (χ0n) is 2.92. The fourth-order valence-electron chi connectivity index (χ4n) is 0. The van der Waals surface area contributed by atoms with Crippen molar-refractivity contribution in [2.75, 3.05) is 0 Å². The van der Waals surface area contributed by atoms with Crippen LogP contribution in [0.4, 0.5) is 0 Å². The van der Waals surface area contributed by atoms with Gasteiger partial charge >= 0.3 is 10.4 Å². The molecule has 0 aromatic rings. The van der Waals surface area contributed by atoms with Gasteiger partial charge in [0.15, 0.2) is 17.4 Å². The molecule has 0 saturated carbocycles. The average Bonchev–Trinajstić information content (AvgIpc) is 0.722. The summed E-state index contributed by atoms with van der Waals surface area (Å²) in [6.07, 6.45) is 0. The Kier molecular flexibility index (Phi) is 23.2. The van der Waals surface area contributed by atoms with E-state index in [2.05, 4.69) is 0 Å². The predicted molar refractivity (Wildman–Crippen MR) is 27.7 cm³/mol. The molecule has 4 N–H and O–H groups in total. The van der Waals surface area contributed by atoms with E-state index in [4.69, 9.17) is 17.5 Å². The van der Waals surface area contributed by atoms with E-state index in [0.29, 0.717) is 0 Å². The van der Waals surface area contributed by atoms with Crippen molar-refractivity contribution in [3.8, 4) is 0 Å². The third-order valence-corrected chi connectivity index (χ3v) is 0. The molecule has 5 nitrogen and oxygen atoms in total. The van der Waals surface area contributed by atoms with Crippen LogP contribution in [0.1, 0.15) is 0 Å². The summed E-state index contributed by atoms with van der Waals surface area (Å²) in [6.45, 7) is 0. The Labute approximate surface area is 73.0 Å². The van der Waals surface area contributed by atoms with Gasteiger partial charge in [0, 0.05) is 22.4 Å². The first-order chi connectivity index (χ1) is 2.00. The Morgan fingerprint density at radius 2 is 1.12 bits per heavy atom. The van der Waals surface area contributed by atoms with E-state index in [0.717, 1.165) is 0 Å². The first kappa shape index (κ1) is 23.0. The summed E-state index contributed by atoms with van der Waals surface area (Å²) in [5.41, 5.74) is 0. The van der Waals surface area contributed by atoms with Gasteiger partial charge < -0.3 is 5.48 Å². The van der Waals surface area contributed by atoms with E-state index in [1.165, 1.54) is 0 Å². The first-order valence-corrected chi connectivity index (χ1v) is 2.10. The fraction of sp³-hybridized carbons (Fsp3) is 0. The monoisotopic (exact) mass is 253 g/mol. The van der Waals surface area contributed by atoms with E-state index in [1.807, 2.05) is 0 Å². The second-order valence-corrected chi connectivity index (χ2v) is 1.34. The molecule has 8 heteroatoms. The van der Waals surface area contributed by atoms with Crippen LogP contribution in [-0.2, 0) is 32.8 Å². The molecule has 0 amide bonds. The van der Waals surface area contributed by atoms with Gasteiger partial charge in [-0.1, -0.05) is 0 Å². The molecule has 0 aliphatic carbocycles. The molecule has 0 heterocycles. The maximum Gasteiger partial charge on any atom is 0.394 e. The SMILES string of the molecule is O.O=S(=O)(O)O.[Ag].[AlH3]. The number of hydrogen-bond donors (Lipinski definition) is 2. The second kappa shape index (κ2) is 8.10. The third kappa shape index (κ3) is 218. The van der Waals surface area contributed by atoms with Crippen molar-refractivity contribution < 1.29 is 45.4 Å². The summed E-state index contributed by atoms with van der Waals surface area (Å²) in [7, 11) is -4.67. The summed E-state index contributed by atoms with van der Waals surface area (Å²) >= 11 is 0. The standard InChI is InChI=1S/Ag.Al.H2O4S.H2O.3H/c;;1-5(2,3)4;;;;/h;;(H2,1,2,3,4);1H2;;;. The van der Waals surface area contributed by atoms with Gasteiger partial charge in [-0.2, -0.15) is 8.42 Å². The summed E-state index contributed by atoms with van der Waals surface area (Å²) in [5.74, 6) is 0. The van der Waals surface area contributed by atoms with Crippen LogP contribution >= 0.6 is 0 Å². The summed E-state index contributed by atoms with van der Waals surface area (Å²) in [5, 5.41) is 0. The fourth-order valence-corrected chi connectivity index (χ4v) is 0.